The number of rotatable bonds is 15. The van der Waals surface area contributed by atoms with Crippen LogP contribution in [0.1, 0.15) is 24.4 Å². The van der Waals surface area contributed by atoms with Gasteiger partial charge in [0.15, 0.2) is 29.5 Å². The fraction of sp³-hybridized carbons (Fsp3) is 0.342. The van der Waals surface area contributed by atoms with Gasteiger partial charge in [0, 0.05) is 6.42 Å². The molecule has 4 aliphatic rings. The first kappa shape index (κ1) is 45.2. The van der Waals surface area contributed by atoms with Gasteiger partial charge in [-0.2, -0.15) is 0 Å². The number of cyclic esters (lactones) is 5. The predicted molar refractivity (Wildman–Crippen MR) is 210 cm³/mol. The maximum atomic E-state index is 13.0. The molecule has 4 aromatic rings. The molecule has 0 N–H and O–H groups in total. The molecule has 0 spiro atoms. The summed E-state index contributed by atoms with van der Waals surface area (Å²) in [6, 6.07) is 0. The second-order valence-electron chi connectivity index (χ2n) is 13.9. The highest BCUT2D eigenvalue weighted by Gasteiger charge is 2.25. The lowest BCUT2D eigenvalue weighted by Crippen LogP contribution is -2.54. The number of allylic oxidation sites excluding steroid dienone is 4. The Morgan fingerprint density at radius 1 is 0.545 bits per heavy atom. The van der Waals surface area contributed by atoms with Gasteiger partial charge in [-0.25, -0.2) is 75.3 Å². The molecule has 0 radical (unpaired) electrons. The summed E-state index contributed by atoms with van der Waals surface area (Å²) in [4.78, 5) is 133. The van der Waals surface area contributed by atoms with Crippen LogP contribution >= 0.6 is 0 Å². The zero-order valence-electron chi connectivity index (χ0n) is 33.9. The monoisotopic (exact) mass is 926 g/mol. The SMILES string of the molecule is C=C1OC=C(Cn2c(=O)n(Cc3coc(=O)o3)c(=O)n(Cc3coc(=O)o3)c2=O)O1.O=C1CCC(/C=C/Cn2c(=O)n(C/C=C/C3COC(=O)O3)c(=O)n(C/C=C/C3COC(=O)O3)c2=O)O1. The van der Waals surface area contributed by atoms with Gasteiger partial charge >= 0.3 is 64.1 Å². The number of hydrogen-bond acceptors (Lipinski definition) is 22. The standard InChI is InChI=1S/C22H23N3O11.C16H11N3O11/c26-17-8-7-14(34-17)4-1-9-23-18(27)24(10-2-5-15-12-32-21(30)35-15)20(29)25(19(23)28)11-3-6-16-13-33-22(31)36-16;1-8-25-5-9(28-8)2-17-12(20)18(3-10-6-26-15(23)29-10)14(22)19(13(17)21)4-11-7-27-16(24)30-11/h1-6,14-16H,7-13H2;5-7H,1-4H2/b4-1+,5-2+,6-3+;. The van der Waals surface area contributed by atoms with Crippen molar-refractivity contribution in [3.8, 4) is 0 Å². The highest BCUT2D eigenvalue weighted by atomic mass is 16.8. The third-order valence-corrected chi connectivity index (χ3v) is 9.34. The molecule has 28 nitrogen and oxygen atoms in total. The summed E-state index contributed by atoms with van der Waals surface area (Å²) in [5.74, 6) is -2.67. The van der Waals surface area contributed by atoms with Crippen LogP contribution in [0.2, 0.25) is 0 Å². The van der Waals surface area contributed by atoms with Crippen LogP contribution < -0.4 is 45.8 Å². The summed E-state index contributed by atoms with van der Waals surface area (Å²) in [6.07, 6.45) is 9.31. The van der Waals surface area contributed by atoms with E-state index < -0.39 is 96.0 Å². The first-order chi connectivity index (χ1) is 31.6. The third kappa shape index (κ3) is 10.7. The van der Waals surface area contributed by atoms with E-state index in [1.54, 1.807) is 6.08 Å². The van der Waals surface area contributed by atoms with Crippen LogP contribution in [-0.2, 0) is 77.2 Å². The minimum absolute atomic E-state index is 0.00471. The molecule has 3 atom stereocenters. The highest BCUT2D eigenvalue weighted by Crippen LogP contribution is 2.16. The van der Waals surface area contributed by atoms with Crippen molar-refractivity contribution < 1.29 is 65.2 Å². The van der Waals surface area contributed by atoms with Gasteiger partial charge in [-0.05, 0) is 31.2 Å². The van der Waals surface area contributed by atoms with Crippen LogP contribution in [-0.4, -0.2) is 77.2 Å². The molecule has 8 heterocycles. The number of nitrogens with zero attached hydrogens (tertiary/aromatic N) is 6. The fourth-order valence-electron chi connectivity index (χ4n) is 6.29. The lowest BCUT2D eigenvalue weighted by Gasteiger charge is -2.12. The van der Waals surface area contributed by atoms with Crippen molar-refractivity contribution in [1.29, 1.82) is 0 Å². The number of esters is 1. The van der Waals surface area contributed by atoms with Gasteiger partial charge in [-0.3, -0.25) is 4.79 Å². The lowest BCUT2D eigenvalue weighted by molar-refractivity contribution is -0.140. The summed E-state index contributed by atoms with van der Waals surface area (Å²) in [5, 5.41) is 0. The Bertz CT molecular complexity index is 2890. The van der Waals surface area contributed by atoms with E-state index in [4.69, 9.17) is 32.5 Å². The van der Waals surface area contributed by atoms with Crippen molar-refractivity contribution >= 4 is 18.3 Å². The molecular weight excluding hydrogens is 892 g/mol. The normalized spacial score (nSPS) is 19.0. The summed E-state index contributed by atoms with van der Waals surface area (Å²) in [6.45, 7) is 1.45. The predicted octanol–water partition coefficient (Wildman–Crippen LogP) is -1.66. The molecule has 0 saturated carbocycles. The van der Waals surface area contributed by atoms with Crippen molar-refractivity contribution in [1.82, 2.24) is 27.4 Å². The van der Waals surface area contributed by atoms with E-state index in [9.17, 15) is 52.7 Å². The molecule has 66 heavy (non-hydrogen) atoms. The quantitative estimate of drug-likeness (QED) is 0.0731. The molecular formula is C38H34N6O22. The average Bonchev–Trinajstić information content (AvgIpc) is 4.17. The molecule has 8 rings (SSSR count). The second kappa shape index (κ2) is 19.7. The third-order valence-electron chi connectivity index (χ3n) is 9.34. The molecule has 4 aliphatic heterocycles. The Kier molecular flexibility index (Phi) is 13.5. The van der Waals surface area contributed by atoms with Crippen LogP contribution in [0.4, 0.5) is 9.59 Å². The zero-order chi connectivity index (χ0) is 47.1. The van der Waals surface area contributed by atoms with Crippen molar-refractivity contribution in [2.45, 2.75) is 70.4 Å². The second-order valence-corrected chi connectivity index (χ2v) is 13.9. The highest BCUT2D eigenvalue weighted by molar-refractivity contribution is 5.71. The van der Waals surface area contributed by atoms with Crippen LogP contribution in [0.5, 0.6) is 0 Å². The first-order valence-electron chi connectivity index (χ1n) is 19.3. The fourth-order valence-corrected chi connectivity index (χ4v) is 6.29. The lowest BCUT2D eigenvalue weighted by atomic mass is 10.2. The smallest absolute Gasteiger partial charge is 0.458 e. The van der Waals surface area contributed by atoms with Gasteiger partial charge in [0.05, 0.1) is 39.3 Å². The maximum Gasteiger partial charge on any atom is 0.518 e. The molecule has 348 valence electrons. The minimum atomic E-state index is -1.06. The summed E-state index contributed by atoms with van der Waals surface area (Å²) in [7, 11) is 0. The maximum absolute atomic E-state index is 13.0. The first-order valence-corrected chi connectivity index (χ1v) is 19.3. The van der Waals surface area contributed by atoms with Crippen molar-refractivity contribution in [3.63, 3.8) is 0 Å². The summed E-state index contributed by atoms with van der Waals surface area (Å²) in [5.41, 5.74) is -5.66. The van der Waals surface area contributed by atoms with E-state index in [1.807, 2.05) is 0 Å². The van der Waals surface area contributed by atoms with Crippen molar-refractivity contribution in [2.75, 3.05) is 13.2 Å². The van der Waals surface area contributed by atoms with Crippen LogP contribution in [0.15, 0.2) is 130 Å². The van der Waals surface area contributed by atoms with E-state index in [2.05, 4.69) is 24.9 Å². The molecule has 0 aromatic carbocycles. The summed E-state index contributed by atoms with van der Waals surface area (Å²) >= 11 is 0. The average molecular weight is 927 g/mol. The Morgan fingerprint density at radius 2 is 0.970 bits per heavy atom. The van der Waals surface area contributed by atoms with Crippen LogP contribution in [0.25, 0.3) is 0 Å². The number of hydrogen-bond donors (Lipinski definition) is 0. The Morgan fingerprint density at radius 3 is 1.32 bits per heavy atom. The van der Waals surface area contributed by atoms with Crippen molar-refractivity contribution in [3.05, 3.63) is 169 Å². The van der Waals surface area contributed by atoms with Crippen LogP contribution in [0, 0.1) is 0 Å². The van der Waals surface area contributed by atoms with Gasteiger partial charge in [-0.1, -0.05) is 18.2 Å². The largest absolute Gasteiger partial charge is 0.518 e. The Hall–Kier alpha value is -8.85. The molecule has 3 unspecified atom stereocenters. The molecule has 0 aliphatic carbocycles. The zero-order valence-corrected chi connectivity index (χ0v) is 33.9. The number of aromatic nitrogens is 6. The number of carbonyl (C=O) groups excluding carboxylic acids is 3. The molecule has 3 fully saturated rings. The Labute approximate surface area is 363 Å². The van der Waals surface area contributed by atoms with E-state index in [0.717, 1.165) is 32.5 Å². The topological polar surface area (TPSA) is 335 Å². The Balaban J connectivity index is 0.000000199. The molecule has 0 amide bonds. The van der Waals surface area contributed by atoms with Gasteiger partial charge in [0.2, 0.25) is 0 Å². The number of carbonyl (C=O) groups is 3. The van der Waals surface area contributed by atoms with Gasteiger partial charge in [0.1, 0.15) is 38.1 Å². The molecule has 3 saturated heterocycles. The van der Waals surface area contributed by atoms with Crippen LogP contribution in [0.3, 0.4) is 0 Å². The number of ether oxygens (including phenoxy) is 7. The molecule has 4 aromatic heterocycles. The van der Waals surface area contributed by atoms with Gasteiger partial charge < -0.3 is 50.8 Å². The van der Waals surface area contributed by atoms with Gasteiger partial charge in [0.25, 0.3) is 5.95 Å². The summed E-state index contributed by atoms with van der Waals surface area (Å²) < 4.78 is 57.1. The molecule has 28 heteroatoms. The van der Waals surface area contributed by atoms with Crippen molar-refractivity contribution in [2.24, 2.45) is 0 Å². The molecule has 0 bridgehead atoms. The van der Waals surface area contributed by atoms with E-state index in [0.29, 0.717) is 20.1 Å². The van der Waals surface area contributed by atoms with E-state index in [-0.39, 0.29) is 68.5 Å². The van der Waals surface area contributed by atoms with E-state index in [1.165, 1.54) is 30.4 Å². The van der Waals surface area contributed by atoms with Gasteiger partial charge in [-0.15, -0.1) is 0 Å². The van der Waals surface area contributed by atoms with E-state index >= 15 is 0 Å². The minimum Gasteiger partial charge on any atom is -0.458 e.